The maximum Gasteiger partial charge on any atom is 0.256 e. The number of carbonyl (C=O) groups is 4. The summed E-state index contributed by atoms with van der Waals surface area (Å²) in [5.74, 6) is -2.07. The SMILES string of the molecule is C[C@@H]1CCC[C@H](C)N1C(=O)c1cc(Cl)ccc1NC(=O)CN1C(=O)[C@H]2CC=CC[C@H]2C1=O. The standard InChI is InChI=1S/C24H28ClN3O4/c1-14-6-5-7-15(2)28(14)24(32)19-12-16(25)10-11-20(19)26-21(29)13-27-22(30)17-8-3-4-9-18(17)23(27)31/h3-4,10-12,14-15,17-18H,5-9,13H2,1-2H3,(H,26,29)/t14-,15+,17-,18+. The number of hydrogen-bond donors (Lipinski definition) is 1. The van der Waals surface area contributed by atoms with Gasteiger partial charge in [0.05, 0.1) is 23.1 Å². The number of halogens is 1. The van der Waals surface area contributed by atoms with Crippen LogP contribution in [0.2, 0.25) is 5.02 Å². The second-order valence-corrected chi connectivity index (χ2v) is 9.43. The number of hydrogen-bond acceptors (Lipinski definition) is 4. The monoisotopic (exact) mass is 457 g/mol. The second-order valence-electron chi connectivity index (χ2n) is 9.00. The third-order valence-corrected chi connectivity index (χ3v) is 7.05. The van der Waals surface area contributed by atoms with Crippen molar-refractivity contribution in [3.8, 4) is 0 Å². The van der Waals surface area contributed by atoms with E-state index in [0.717, 1.165) is 24.2 Å². The van der Waals surface area contributed by atoms with Crippen molar-refractivity contribution in [2.45, 2.75) is 58.0 Å². The third kappa shape index (κ3) is 4.18. The minimum atomic E-state index is -0.519. The first-order valence-corrected chi connectivity index (χ1v) is 11.6. The summed E-state index contributed by atoms with van der Waals surface area (Å²) in [5, 5.41) is 3.12. The number of nitrogens with zero attached hydrogens (tertiary/aromatic N) is 2. The molecule has 4 atom stereocenters. The fourth-order valence-electron chi connectivity index (χ4n) is 5.12. The van der Waals surface area contributed by atoms with E-state index in [0.29, 0.717) is 29.1 Å². The third-order valence-electron chi connectivity index (χ3n) is 6.81. The summed E-state index contributed by atoms with van der Waals surface area (Å²) >= 11 is 6.17. The average Bonchev–Trinajstić information content (AvgIpc) is 3.00. The lowest BCUT2D eigenvalue weighted by molar-refractivity contribution is -0.142. The molecule has 0 unspecified atom stereocenters. The number of imide groups is 1. The Kier molecular flexibility index (Phi) is 6.38. The predicted molar refractivity (Wildman–Crippen MR) is 121 cm³/mol. The first kappa shape index (κ1) is 22.5. The number of carbonyl (C=O) groups excluding carboxylic acids is 4. The lowest BCUT2D eigenvalue weighted by atomic mass is 9.85. The van der Waals surface area contributed by atoms with Gasteiger partial charge >= 0.3 is 0 Å². The topological polar surface area (TPSA) is 86.8 Å². The molecule has 170 valence electrons. The summed E-state index contributed by atoms with van der Waals surface area (Å²) in [5.41, 5.74) is 0.635. The number of nitrogens with one attached hydrogen (secondary N) is 1. The number of amides is 4. The van der Waals surface area contributed by atoms with Gasteiger partial charge in [-0.1, -0.05) is 23.8 Å². The molecule has 7 nitrogen and oxygen atoms in total. The Labute approximate surface area is 192 Å². The molecule has 0 radical (unpaired) electrons. The molecule has 1 aromatic carbocycles. The molecule has 32 heavy (non-hydrogen) atoms. The van der Waals surface area contributed by atoms with Crippen molar-refractivity contribution < 1.29 is 19.2 Å². The van der Waals surface area contributed by atoms with Gasteiger partial charge in [0.2, 0.25) is 17.7 Å². The number of piperidine rings is 1. The van der Waals surface area contributed by atoms with Gasteiger partial charge < -0.3 is 10.2 Å². The highest BCUT2D eigenvalue weighted by molar-refractivity contribution is 6.31. The van der Waals surface area contributed by atoms with Gasteiger partial charge in [-0.05, 0) is 64.2 Å². The molecule has 0 aromatic heterocycles. The number of likely N-dealkylation sites (tertiary alicyclic amines) is 2. The quantitative estimate of drug-likeness (QED) is 0.552. The molecule has 8 heteroatoms. The largest absolute Gasteiger partial charge is 0.333 e. The normalized spacial score (nSPS) is 27.5. The minimum Gasteiger partial charge on any atom is -0.333 e. The van der Waals surface area contributed by atoms with Crippen LogP contribution in [0.25, 0.3) is 0 Å². The Morgan fingerprint density at radius 1 is 1.03 bits per heavy atom. The zero-order valence-corrected chi connectivity index (χ0v) is 19.1. The molecule has 0 saturated carbocycles. The van der Waals surface area contributed by atoms with Crippen molar-refractivity contribution in [2.24, 2.45) is 11.8 Å². The molecule has 2 saturated heterocycles. The number of benzene rings is 1. The van der Waals surface area contributed by atoms with Gasteiger partial charge in [0, 0.05) is 17.1 Å². The van der Waals surface area contributed by atoms with E-state index in [1.165, 1.54) is 0 Å². The van der Waals surface area contributed by atoms with Gasteiger partial charge in [0.1, 0.15) is 6.54 Å². The van der Waals surface area contributed by atoms with E-state index in [2.05, 4.69) is 5.32 Å². The van der Waals surface area contributed by atoms with Crippen molar-refractivity contribution in [1.29, 1.82) is 0 Å². The molecule has 2 aliphatic heterocycles. The van der Waals surface area contributed by atoms with Crippen LogP contribution in [-0.2, 0) is 14.4 Å². The van der Waals surface area contributed by atoms with E-state index >= 15 is 0 Å². The summed E-state index contributed by atoms with van der Waals surface area (Å²) in [6, 6.07) is 4.92. The van der Waals surface area contributed by atoms with Crippen molar-refractivity contribution in [2.75, 3.05) is 11.9 Å². The van der Waals surface area contributed by atoms with Gasteiger partial charge in [0.25, 0.3) is 5.91 Å². The minimum absolute atomic E-state index is 0.0885. The summed E-state index contributed by atoms with van der Waals surface area (Å²) in [6.07, 6.45) is 7.78. The number of anilines is 1. The van der Waals surface area contributed by atoms with Crippen LogP contribution in [0.1, 0.15) is 56.3 Å². The van der Waals surface area contributed by atoms with E-state index in [9.17, 15) is 19.2 Å². The van der Waals surface area contributed by atoms with Crippen LogP contribution in [0.4, 0.5) is 5.69 Å². The molecule has 3 aliphatic rings. The van der Waals surface area contributed by atoms with Gasteiger partial charge in [0.15, 0.2) is 0 Å². The molecule has 0 bridgehead atoms. The van der Waals surface area contributed by atoms with Crippen LogP contribution >= 0.6 is 11.6 Å². The first-order valence-electron chi connectivity index (χ1n) is 11.2. The fourth-order valence-corrected chi connectivity index (χ4v) is 5.29. The number of fused-ring (bicyclic) bond motifs is 1. The highest BCUT2D eigenvalue weighted by atomic mass is 35.5. The van der Waals surface area contributed by atoms with Gasteiger partial charge in [-0.3, -0.25) is 24.1 Å². The molecule has 4 rings (SSSR count). The second kappa shape index (κ2) is 9.06. The lowest BCUT2D eigenvalue weighted by Crippen LogP contribution is -2.47. The van der Waals surface area contributed by atoms with Crippen molar-refractivity contribution in [3.63, 3.8) is 0 Å². The molecule has 0 spiro atoms. The Hall–Kier alpha value is -2.67. The Morgan fingerprint density at radius 2 is 1.62 bits per heavy atom. The Morgan fingerprint density at radius 3 is 2.22 bits per heavy atom. The lowest BCUT2D eigenvalue weighted by Gasteiger charge is -2.39. The van der Waals surface area contributed by atoms with Crippen LogP contribution < -0.4 is 5.32 Å². The molecular formula is C24H28ClN3O4. The van der Waals surface area contributed by atoms with Crippen LogP contribution in [0.5, 0.6) is 0 Å². The summed E-state index contributed by atoms with van der Waals surface area (Å²) in [7, 11) is 0. The van der Waals surface area contributed by atoms with E-state index < -0.39 is 5.91 Å². The van der Waals surface area contributed by atoms with Crippen LogP contribution in [0, 0.1) is 11.8 Å². The number of rotatable bonds is 4. The first-order chi connectivity index (χ1) is 15.3. The highest BCUT2D eigenvalue weighted by Gasteiger charge is 2.47. The maximum absolute atomic E-state index is 13.4. The summed E-state index contributed by atoms with van der Waals surface area (Å²) in [4.78, 5) is 54.4. The average molecular weight is 458 g/mol. The van der Waals surface area contributed by atoms with Gasteiger partial charge in [-0.2, -0.15) is 0 Å². The molecule has 2 fully saturated rings. The van der Waals surface area contributed by atoms with Crippen molar-refractivity contribution in [1.82, 2.24) is 9.80 Å². The predicted octanol–water partition coefficient (Wildman–Crippen LogP) is 3.63. The van der Waals surface area contributed by atoms with Crippen LogP contribution in [-0.4, -0.2) is 52.1 Å². The summed E-state index contributed by atoms with van der Waals surface area (Å²) in [6.45, 7) is 3.68. The van der Waals surface area contributed by atoms with Crippen molar-refractivity contribution >= 4 is 40.9 Å². The zero-order chi connectivity index (χ0) is 23.0. The highest BCUT2D eigenvalue weighted by Crippen LogP contribution is 2.35. The molecule has 4 amide bonds. The summed E-state index contributed by atoms with van der Waals surface area (Å²) < 4.78 is 0. The maximum atomic E-state index is 13.4. The van der Waals surface area contributed by atoms with Crippen LogP contribution in [0.15, 0.2) is 30.4 Å². The van der Waals surface area contributed by atoms with Gasteiger partial charge in [-0.15, -0.1) is 0 Å². The fraction of sp³-hybridized carbons (Fsp3) is 0.500. The molecule has 1 N–H and O–H groups in total. The van der Waals surface area contributed by atoms with E-state index in [1.54, 1.807) is 18.2 Å². The van der Waals surface area contributed by atoms with E-state index in [-0.39, 0.29) is 48.2 Å². The van der Waals surface area contributed by atoms with Crippen molar-refractivity contribution in [3.05, 3.63) is 40.9 Å². The Balaban J connectivity index is 1.51. The van der Waals surface area contributed by atoms with Crippen LogP contribution in [0.3, 0.4) is 0 Å². The van der Waals surface area contributed by atoms with Gasteiger partial charge in [-0.25, -0.2) is 0 Å². The van der Waals surface area contributed by atoms with E-state index in [1.807, 2.05) is 30.9 Å². The molecule has 1 aliphatic carbocycles. The number of allylic oxidation sites excluding steroid dienone is 2. The van der Waals surface area contributed by atoms with E-state index in [4.69, 9.17) is 11.6 Å². The smallest absolute Gasteiger partial charge is 0.256 e. The molecule has 2 heterocycles. The zero-order valence-electron chi connectivity index (χ0n) is 18.3. The molecular weight excluding hydrogens is 430 g/mol. The molecule has 1 aromatic rings. The Bertz CT molecular complexity index is 955.